The largest absolute Gasteiger partial charge is 0.465 e. The van der Waals surface area contributed by atoms with Crippen molar-refractivity contribution in [3.05, 3.63) is 66.1 Å². The summed E-state index contributed by atoms with van der Waals surface area (Å²) in [6.07, 6.45) is 4.20. The van der Waals surface area contributed by atoms with Crippen LogP contribution in [-0.2, 0) is 14.3 Å². The van der Waals surface area contributed by atoms with E-state index in [9.17, 15) is 9.59 Å². The van der Waals surface area contributed by atoms with Gasteiger partial charge in [-0.05, 0) is 30.7 Å². The summed E-state index contributed by atoms with van der Waals surface area (Å²) in [5.41, 5.74) is 0.986. The van der Waals surface area contributed by atoms with Crippen LogP contribution in [0.15, 0.2) is 59.2 Å². The highest BCUT2D eigenvalue weighted by molar-refractivity contribution is 5.88. The number of furan rings is 1. The Labute approximate surface area is 128 Å². The highest BCUT2D eigenvalue weighted by Crippen LogP contribution is 2.10. The van der Waals surface area contributed by atoms with Crippen molar-refractivity contribution in [3.8, 4) is 0 Å². The standard InChI is InChI=1S/C17H17NO4/c1-13(14-6-3-2-4-7-14)18-16(19)12-22-17(20)10-9-15-8-5-11-21-15/h2-11,13H,12H2,1H3,(H,18,19)/b10-9+. The Morgan fingerprint density at radius 1 is 1.23 bits per heavy atom. The number of ether oxygens (including phenoxy) is 1. The first kappa shape index (κ1) is 15.6. The molecule has 1 N–H and O–H groups in total. The van der Waals surface area contributed by atoms with E-state index in [0.717, 1.165) is 5.56 Å². The minimum atomic E-state index is -0.598. The van der Waals surface area contributed by atoms with Crippen molar-refractivity contribution in [1.29, 1.82) is 0 Å². The molecule has 22 heavy (non-hydrogen) atoms. The molecule has 0 fully saturated rings. The van der Waals surface area contributed by atoms with Crippen LogP contribution >= 0.6 is 0 Å². The zero-order chi connectivity index (χ0) is 15.8. The summed E-state index contributed by atoms with van der Waals surface area (Å²) < 4.78 is 9.90. The molecule has 2 aromatic rings. The van der Waals surface area contributed by atoms with E-state index in [1.54, 1.807) is 12.1 Å². The summed E-state index contributed by atoms with van der Waals surface area (Å²) >= 11 is 0. The Balaban J connectivity index is 1.74. The summed E-state index contributed by atoms with van der Waals surface area (Å²) in [5, 5.41) is 2.76. The highest BCUT2D eigenvalue weighted by Gasteiger charge is 2.10. The van der Waals surface area contributed by atoms with Crippen LogP contribution in [0, 0.1) is 0 Å². The van der Waals surface area contributed by atoms with E-state index in [4.69, 9.17) is 9.15 Å². The molecule has 0 aliphatic heterocycles. The van der Waals surface area contributed by atoms with Gasteiger partial charge < -0.3 is 14.5 Å². The van der Waals surface area contributed by atoms with Crippen molar-refractivity contribution in [1.82, 2.24) is 5.32 Å². The Hall–Kier alpha value is -2.82. The van der Waals surface area contributed by atoms with Crippen molar-refractivity contribution in [2.45, 2.75) is 13.0 Å². The average molecular weight is 299 g/mol. The van der Waals surface area contributed by atoms with Crippen LogP contribution in [0.1, 0.15) is 24.3 Å². The first-order valence-electron chi connectivity index (χ1n) is 6.88. The molecular weight excluding hydrogens is 282 g/mol. The monoisotopic (exact) mass is 299 g/mol. The molecule has 5 heteroatoms. The van der Waals surface area contributed by atoms with Crippen LogP contribution in [0.4, 0.5) is 0 Å². The van der Waals surface area contributed by atoms with Gasteiger partial charge in [-0.1, -0.05) is 30.3 Å². The molecule has 1 aromatic carbocycles. The fourth-order valence-corrected chi connectivity index (χ4v) is 1.83. The smallest absolute Gasteiger partial charge is 0.331 e. The molecule has 1 atom stereocenters. The van der Waals surface area contributed by atoms with E-state index in [0.29, 0.717) is 5.76 Å². The Bertz CT molecular complexity index is 632. The summed E-state index contributed by atoms with van der Waals surface area (Å²) in [6.45, 7) is 1.55. The molecule has 1 unspecified atom stereocenters. The van der Waals surface area contributed by atoms with E-state index in [1.807, 2.05) is 37.3 Å². The van der Waals surface area contributed by atoms with Crippen molar-refractivity contribution in [3.63, 3.8) is 0 Å². The Morgan fingerprint density at radius 3 is 2.68 bits per heavy atom. The third-order valence-corrected chi connectivity index (χ3v) is 2.95. The molecule has 0 bridgehead atoms. The lowest BCUT2D eigenvalue weighted by molar-refractivity contribution is -0.144. The molecule has 0 saturated carbocycles. The maximum Gasteiger partial charge on any atom is 0.331 e. The molecule has 1 heterocycles. The lowest BCUT2D eigenvalue weighted by Crippen LogP contribution is -2.30. The third kappa shape index (κ3) is 4.94. The van der Waals surface area contributed by atoms with Gasteiger partial charge in [0.2, 0.25) is 0 Å². The second kappa shape index (κ2) is 7.83. The number of benzene rings is 1. The number of amides is 1. The van der Waals surface area contributed by atoms with Gasteiger partial charge in [0.15, 0.2) is 6.61 Å². The quantitative estimate of drug-likeness (QED) is 0.658. The van der Waals surface area contributed by atoms with Gasteiger partial charge in [0.1, 0.15) is 5.76 Å². The van der Waals surface area contributed by atoms with E-state index in [2.05, 4.69) is 5.32 Å². The molecule has 0 spiro atoms. The first-order chi connectivity index (χ1) is 10.6. The molecule has 0 aliphatic rings. The fourth-order valence-electron chi connectivity index (χ4n) is 1.83. The van der Waals surface area contributed by atoms with Gasteiger partial charge in [0, 0.05) is 6.08 Å². The van der Waals surface area contributed by atoms with Gasteiger partial charge in [-0.2, -0.15) is 0 Å². The van der Waals surface area contributed by atoms with Gasteiger partial charge in [0.05, 0.1) is 12.3 Å². The van der Waals surface area contributed by atoms with Gasteiger partial charge in [-0.25, -0.2) is 4.79 Å². The molecule has 0 radical (unpaired) electrons. The predicted molar refractivity (Wildman–Crippen MR) is 81.7 cm³/mol. The van der Waals surface area contributed by atoms with Gasteiger partial charge >= 0.3 is 5.97 Å². The van der Waals surface area contributed by atoms with Crippen LogP contribution in [0.5, 0.6) is 0 Å². The molecule has 1 amide bonds. The number of nitrogens with one attached hydrogen (secondary N) is 1. The number of carbonyl (C=O) groups excluding carboxylic acids is 2. The Morgan fingerprint density at radius 2 is 2.00 bits per heavy atom. The molecule has 0 aliphatic carbocycles. The minimum absolute atomic E-state index is 0.147. The second-order valence-electron chi connectivity index (χ2n) is 4.66. The van der Waals surface area contributed by atoms with Gasteiger partial charge in [-0.3, -0.25) is 4.79 Å². The normalized spacial score (nSPS) is 12.0. The van der Waals surface area contributed by atoms with Crippen LogP contribution < -0.4 is 5.32 Å². The zero-order valence-corrected chi connectivity index (χ0v) is 12.2. The zero-order valence-electron chi connectivity index (χ0n) is 12.2. The van der Waals surface area contributed by atoms with E-state index < -0.39 is 5.97 Å². The number of rotatable bonds is 6. The van der Waals surface area contributed by atoms with Crippen molar-refractivity contribution in [2.24, 2.45) is 0 Å². The van der Waals surface area contributed by atoms with Gasteiger partial charge in [0.25, 0.3) is 5.91 Å². The topological polar surface area (TPSA) is 68.5 Å². The van der Waals surface area contributed by atoms with Crippen LogP contribution in [0.2, 0.25) is 0 Å². The van der Waals surface area contributed by atoms with Gasteiger partial charge in [-0.15, -0.1) is 0 Å². The van der Waals surface area contributed by atoms with Crippen LogP contribution in [-0.4, -0.2) is 18.5 Å². The van der Waals surface area contributed by atoms with E-state index in [1.165, 1.54) is 18.4 Å². The third-order valence-electron chi connectivity index (χ3n) is 2.95. The van der Waals surface area contributed by atoms with Crippen molar-refractivity contribution < 1.29 is 18.7 Å². The summed E-state index contributed by atoms with van der Waals surface area (Å²) in [4.78, 5) is 23.2. The predicted octanol–water partition coefficient (Wildman–Crippen LogP) is 2.71. The fraction of sp³-hybridized carbons (Fsp3) is 0.176. The van der Waals surface area contributed by atoms with Crippen LogP contribution in [0.3, 0.4) is 0 Å². The first-order valence-corrected chi connectivity index (χ1v) is 6.88. The van der Waals surface area contributed by atoms with Crippen molar-refractivity contribution in [2.75, 3.05) is 6.61 Å². The summed E-state index contributed by atoms with van der Waals surface area (Å²) in [6, 6.07) is 12.8. The number of hydrogen-bond donors (Lipinski definition) is 1. The number of esters is 1. The lowest BCUT2D eigenvalue weighted by atomic mass is 10.1. The van der Waals surface area contributed by atoms with E-state index in [-0.39, 0.29) is 18.6 Å². The molecule has 0 saturated heterocycles. The number of carbonyl (C=O) groups is 2. The molecule has 1 aromatic heterocycles. The minimum Gasteiger partial charge on any atom is -0.465 e. The molecule has 5 nitrogen and oxygen atoms in total. The van der Waals surface area contributed by atoms with E-state index >= 15 is 0 Å². The average Bonchev–Trinajstić information content (AvgIpc) is 3.05. The molecule has 114 valence electrons. The summed E-state index contributed by atoms with van der Waals surface area (Å²) in [7, 11) is 0. The second-order valence-corrected chi connectivity index (χ2v) is 4.66. The molecule has 2 rings (SSSR count). The van der Waals surface area contributed by atoms with Crippen LogP contribution in [0.25, 0.3) is 6.08 Å². The SMILES string of the molecule is CC(NC(=O)COC(=O)/C=C/c1ccco1)c1ccccc1. The summed E-state index contributed by atoms with van der Waals surface area (Å²) in [5.74, 6) is -0.408. The highest BCUT2D eigenvalue weighted by atomic mass is 16.5. The maximum atomic E-state index is 11.7. The maximum absolute atomic E-state index is 11.7. The Kier molecular flexibility index (Phi) is 5.54. The lowest BCUT2D eigenvalue weighted by Gasteiger charge is -2.13. The number of hydrogen-bond acceptors (Lipinski definition) is 4. The molecular formula is C17H17NO4. The van der Waals surface area contributed by atoms with Crippen molar-refractivity contribution >= 4 is 18.0 Å².